The fourth-order valence-corrected chi connectivity index (χ4v) is 3.69. The number of aromatic nitrogens is 3. The lowest BCUT2D eigenvalue weighted by Gasteiger charge is -2.09. The minimum atomic E-state index is -3.85. The number of nitriles is 1. The van der Waals surface area contributed by atoms with Crippen LogP contribution in [0, 0.1) is 11.3 Å². The quantitative estimate of drug-likeness (QED) is 0.753. The third kappa shape index (κ3) is 3.29. The van der Waals surface area contributed by atoms with Crippen LogP contribution in [0.2, 0.25) is 5.02 Å². The zero-order valence-electron chi connectivity index (χ0n) is 13.4. The van der Waals surface area contributed by atoms with E-state index in [-0.39, 0.29) is 21.5 Å². The first kappa shape index (κ1) is 17.2. The molecule has 0 fully saturated rings. The number of pyridine rings is 1. The zero-order chi connectivity index (χ0) is 18.2. The zero-order valence-corrected chi connectivity index (χ0v) is 15.0. The van der Waals surface area contributed by atoms with Crippen molar-refractivity contribution in [2.45, 2.75) is 24.8 Å². The number of nitrogens with one attached hydrogen (secondary N) is 1. The highest BCUT2D eigenvalue weighted by atomic mass is 35.5. The van der Waals surface area contributed by atoms with Crippen LogP contribution in [0.25, 0.3) is 11.0 Å². The molecule has 25 heavy (non-hydrogen) atoms. The molecule has 0 atom stereocenters. The number of rotatable bonds is 4. The van der Waals surface area contributed by atoms with Crippen LogP contribution < -0.4 is 4.72 Å². The molecule has 0 bridgehead atoms. The molecule has 2 heterocycles. The largest absolute Gasteiger partial charge is 0.278 e. The molecule has 0 aliphatic heterocycles. The highest BCUT2D eigenvalue weighted by Crippen LogP contribution is 2.24. The van der Waals surface area contributed by atoms with Crippen LogP contribution in [-0.2, 0) is 10.0 Å². The van der Waals surface area contributed by atoms with E-state index in [2.05, 4.69) is 14.8 Å². The summed E-state index contributed by atoms with van der Waals surface area (Å²) in [6.45, 7) is 3.97. The number of halogens is 1. The van der Waals surface area contributed by atoms with E-state index < -0.39 is 10.0 Å². The third-order valence-electron chi connectivity index (χ3n) is 3.55. The Labute approximate surface area is 149 Å². The van der Waals surface area contributed by atoms with Crippen molar-refractivity contribution in [1.29, 1.82) is 5.26 Å². The Morgan fingerprint density at radius 2 is 2.04 bits per heavy atom. The van der Waals surface area contributed by atoms with Crippen molar-refractivity contribution in [3.8, 4) is 6.07 Å². The number of fused-ring (bicyclic) bond motifs is 1. The Hall–Kier alpha value is -2.63. The molecule has 1 N–H and O–H groups in total. The molecule has 7 nitrogen and oxygen atoms in total. The van der Waals surface area contributed by atoms with Gasteiger partial charge in [0.2, 0.25) is 0 Å². The fourth-order valence-electron chi connectivity index (χ4n) is 2.34. The minimum absolute atomic E-state index is 0.0329. The molecule has 128 valence electrons. The summed E-state index contributed by atoms with van der Waals surface area (Å²) in [6, 6.07) is 7.64. The minimum Gasteiger partial charge on any atom is -0.278 e. The topological polar surface area (TPSA) is 101 Å². The van der Waals surface area contributed by atoms with Crippen molar-refractivity contribution in [2.75, 3.05) is 4.72 Å². The van der Waals surface area contributed by atoms with Crippen LogP contribution in [0.15, 0.2) is 41.6 Å². The van der Waals surface area contributed by atoms with Crippen LogP contribution in [-0.4, -0.2) is 23.2 Å². The fraction of sp³-hybridized carbons (Fsp3) is 0.188. The van der Waals surface area contributed by atoms with E-state index in [0.717, 1.165) is 5.39 Å². The summed E-state index contributed by atoms with van der Waals surface area (Å²) in [7, 11) is -3.85. The summed E-state index contributed by atoms with van der Waals surface area (Å²) in [5.41, 5.74) is 1.21. The van der Waals surface area contributed by atoms with Gasteiger partial charge in [-0.05, 0) is 38.1 Å². The van der Waals surface area contributed by atoms with Gasteiger partial charge in [-0.2, -0.15) is 10.4 Å². The highest BCUT2D eigenvalue weighted by Gasteiger charge is 2.17. The molecule has 0 saturated heterocycles. The first-order valence-electron chi connectivity index (χ1n) is 7.37. The van der Waals surface area contributed by atoms with Gasteiger partial charge in [0, 0.05) is 11.4 Å². The lowest BCUT2D eigenvalue weighted by Crippen LogP contribution is -2.13. The summed E-state index contributed by atoms with van der Waals surface area (Å²) in [6.07, 6.45) is 3.07. The van der Waals surface area contributed by atoms with E-state index in [1.54, 1.807) is 16.9 Å². The third-order valence-corrected chi connectivity index (χ3v) is 5.24. The molecular formula is C16H14ClN5O2S. The van der Waals surface area contributed by atoms with Crippen LogP contribution in [0.3, 0.4) is 0 Å². The average Bonchev–Trinajstić information content (AvgIpc) is 2.97. The van der Waals surface area contributed by atoms with Gasteiger partial charge in [-0.25, -0.2) is 18.1 Å². The molecule has 0 unspecified atom stereocenters. The second-order valence-corrected chi connectivity index (χ2v) is 7.77. The first-order valence-corrected chi connectivity index (χ1v) is 9.23. The molecule has 0 saturated carbocycles. The highest BCUT2D eigenvalue weighted by molar-refractivity contribution is 7.92. The summed E-state index contributed by atoms with van der Waals surface area (Å²) >= 11 is 5.91. The average molecular weight is 376 g/mol. The molecule has 0 amide bonds. The summed E-state index contributed by atoms with van der Waals surface area (Å²) in [4.78, 5) is 4.26. The first-order chi connectivity index (χ1) is 11.8. The Morgan fingerprint density at radius 1 is 1.28 bits per heavy atom. The molecule has 3 aromatic rings. The monoisotopic (exact) mass is 375 g/mol. The smallest absolute Gasteiger partial charge is 0.261 e. The number of benzene rings is 1. The summed E-state index contributed by atoms with van der Waals surface area (Å²) in [5, 5.41) is 13.9. The molecule has 1 aromatic carbocycles. The van der Waals surface area contributed by atoms with Gasteiger partial charge in [0.15, 0.2) is 5.65 Å². The van der Waals surface area contributed by atoms with Crippen LogP contribution in [0.4, 0.5) is 5.69 Å². The van der Waals surface area contributed by atoms with Gasteiger partial charge in [-0.3, -0.25) is 4.72 Å². The maximum atomic E-state index is 12.5. The van der Waals surface area contributed by atoms with Crippen molar-refractivity contribution in [2.24, 2.45) is 0 Å². The summed E-state index contributed by atoms with van der Waals surface area (Å²) < 4.78 is 29.2. The number of anilines is 1. The van der Waals surface area contributed by atoms with Gasteiger partial charge < -0.3 is 0 Å². The number of hydrogen-bond acceptors (Lipinski definition) is 5. The maximum absolute atomic E-state index is 12.5. The molecule has 0 aliphatic rings. The number of hydrogen-bond donors (Lipinski definition) is 1. The summed E-state index contributed by atoms with van der Waals surface area (Å²) in [5.74, 6) is 0. The van der Waals surface area contributed by atoms with Gasteiger partial charge in [0.1, 0.15) is 6.07 Å². The van der Waals surface area contributed by atoms with Gasteiger partial charge in [0.25, 0.3) is 10.0 Å². The Bertz CT molecular complexity index is 1100. The second kappa shape index (κ2) is 6.35. The van der Waals surface area contributed by atoms with Crippen LogP contribution in [0.5, 0.6) is 0 Å². The van der Waals surface area contributed by atoms with Crippen molar-refractivity contribution in [3.05, 3.63) is 47.2 Å². The van der Waals surface area contributed by atoms with Crippen molar-refractivity contribution < 1.29 is 8.42 Å². The van der Waals surface area contributed by atoms with E-state index in [4.69, 9.17) is 16.9 Å². The van der Waals surface area contributed by atoms with Gasteiger partial charge >= 0.3 is 0 Å². The van der Waals surface area contributed by atoms with E-state index in [1.807, 2.05) is 19.9 Å². The standard InChI is InChI=1S/C16H14ClN5O2S/c1-10(2)22-16-12(8-20-22)5-13(9-19-16)21-25(23,24)14-4-3-11(7-18)15(17)6-14/h3-6,8-10,21H,1-2H3. The van der Waals surface area contributed by atoms with E-state index in [9.17, 15) is 8.42 Å². The van der Waals surface area contributed by atoms with E-state index in [0.29, 0.717) is 11.3 Å². The molecule has 0 spiro atoms. The lowest BCUT2D eigenvalue weighted by atomic mass is 10.2. The maximum Gasteiger partial charge on any atom is 0.261 e. The molecule has 0 radical (unpaired) electrons. The molecule has 2 aromatic heterocycles. The van der Waals surface area contributed by atoms with Crippen molar-refractivity contribution in [3.63, 3.8) is 0 Å². The predicted molar refractivity (Wildman–Crippen MR) is 94.9 cm³/mol. The lowest BCUT2D eigenvalue weighted by molar-refractivity contribution is 0.546. The molecular weight excluding hydrogens is 362 g/mol. The van der Waals surface area contributed by atoms with Gasteiger partial charge in [-0.15, -0.1) is 0 Å². The Morgan fingerprint density at radius 3 is 2.68 bits per heavy atom. The predicted octanol–water partition coefficient (Wildman–Crippen LogP) is 3.34. The SMILES string of the molecule is CC(C)n1ncc2cc(NS(=O)(=O)c3ccc(C#N)c(Cl)c3)cnc21. The molecule has 0 aliphatic carbocycles. The van der Waals surface area contributed by atoms with E-state index >= 15 is 0 Å². The number of sulfonamides is 1. The van der Waals surface area contributed by atoms with E-state index in [1.165, 1.54) is 24.4 Å². The van der Waals surface area contributed by atoms with Crippen LogP contribution >= 0.6 is 11.6 Å². The van der Waals surface area contributed by atoms with Crippen molar-refractivity contribution >= 4 is 38.3 Å². The normalized spacial score (nSPS) is 11.6. The van der Waals surface area contributed by atoms with Gasteiger partial charge in [-0.1, -0.05) is 11.6 Å². The molecule has 9 heteroatoms. The van der Waals surface area contributed by atoms with Gasteiger partial charge in [0.05, 0.1) is 33.6 Å². The van der Waals surface area contributed by atoms with Crippen molar-refractivity contribution in [1.82, 2.24) is 14.8 Å². The molecule has 3 rings (SSSR count). The van der Waals surface area contributed by atoms with Crippen LogP contribution in [0.1, 0.15) is 25.5 Å². The Kier molecular flexibility index (Phi) is 4.37. The Balaban J connectivity index is 1.94. The number of nitrogens with zero attached hydrogens (tertiary/aromatic N) is 4. The second-order valence-electron chi connectivity index (χ2n) is 5.68.